The topological polar surface area (TPSA) is 67.2 Å². The van der Waals surface area contributed by atoms with Crippen LogP contribution in [0.5, 0.6) is 0 Å². The van der Waals surface area contributed by atoms with Gasteiger partial charge in [-0.05, 0) is 25.1 Å². The van der Waals surface area contributed by atoms with Gasteiger partial charge >= 0.3 is 5.97 Å². The van der Waals surface area contributed by atoms with Gasteiger partial charge in [0.2, 0.25) is 0 Å². The third kappa shape index (κ3) is 3.14. The normalized spacial score (nSPS) is 12.2. The molecule has 1 atom stereocenters. The minimum absolute atomic E-state index is 0.662. The molecule has 1 aromatic heterocycles. The van der Waals surface area contributed by atoms with Crippen molar-refractivity contribution in [2.45, 2.75) is 13.0 Å². The first-order chi connectivity index (χ1) is 8.97. The van der Waals surface area contributed by atoms with Gasteiger partial charge in [0.05, 0.1) is 5.69 Å². The van der Waals surface area contributed by atoms with Crippen molar-refractivity contribution < 1.29 is 9.90 Å². The fraction of sp³-hybridized carbons (Fsp3) is 0.231. The molecule has 0 aliphatic carbocycles. The van der Waals surface area contributed by atoms with Gasteiger partial charge in [0.15, 0.2) is 6.04 Å². The second-order valence-electron chi connectivity index (χ2n) is 4.27. The molecule has 6 heteroatoms. The number of hydrogen-bond donors (Lipinski definition) is 2. The zero-order valence-corrected chi connectivity index (χ0v) is 12.2. The van der Waals surface area contributed by atoms with Crippen LogP contribution in [0.1, 0.15) is 17.3 Å². The Hall–Kier alpha value is -1.82. The van der Waals surface area contributed by atoms with Gasteiger partial charge in [-0.2, -0.15) is 5.10 Å². The quantitative estimate of drug-likeness (QED) is 0.907. The molecule has 0 radical (unpaired) electrons. The summed E-state index contributed by atoms with van der Waals surface area (Å²) in [5, 5.41) is 16.6. The SMILES string of the molecule is Cc1nn(C)cc1C(Nc1cccc(Br)c1)C(=O)O. The van der Waals surface area contributed by atoms with Gasteiger partial charge in [0.1, 0.15) is 0 Å². The Balaban J connectivity index is 2.32. The molecule has 1 aromatic carbocycles. The van der Waals surface area contributed by atoms with Crippen molar-refractivity contribution in [2.24, 2.45) is 7.05 Å². The van der Waals surface area contributed by atoms with Gasteiger partial charge < -0.3 is 10.4 Å². The van der Waals surface area contributed by atoms with Crippen LogP contribution in [0.3, 0.4) is 0 Å². The first-order valence-electron chi connectivity index (χ1n) is 5.72. The number of carbonyl (C=O) groups is 1. The first kappa shape index (κ1) is 13.6. The van der Waals surface area contributed by atoms with Crippen molar-refractivity contribution >= 4 is 27.6 Å². The van der Waals surface area contributed by atoms with Crippen LogP contribution in [0.2, 0.25) is 0 Å². The van der Waals surface area contributed by atoms with Crippen LogP contribution in [0.15, 0.2) is 34.9 Å². The largest absolute Gasteiger partial charge is 0.479 e. The molecule has 0 aliphatic heterocycles. The molecule has 19 heavy (non-hydrogen) atoms. The summed E-state index contributed by atoms with van der Waals surface area (Å²) < 4.78 is 2.51. The Labute approximate surface area is 119 Å². The number of rotatable bonds is 4. The van der Waals surface area contributed by atoms with Crippen molar-refractivity contribution in [1.82, 2.24) is 9.78 Å². The van der Waals surface area contributed by atoms with Crippen LogP contribution in [-0.2, 0) is 11.8 Å². The molecule has 0 aliphatic rings. The molecule has 0 bridgehead atoms. The highest BCUT2D eigenvalue weighted by Gasteiger charge is 2.23. The zero-order valence-electron chi connectivity index (χ0n) is 10.6. The molecule has 0 fully saturated rings. The molecule has 2 rings (SSSR count). The fourth-order valence-electron chi connectivity index (χ4n) is 1.92. The van der Waals surface area contributed by atoms with E-state index in [-0.39, 0.29) is 0 Å². The fourth-order valence-corrected chi connectivity index (χ4v) is 2.32. The lowest BCUT2D eigenvalue weighted by atomic mass is 10.1. The zero-order chi connectivity index (χ0) is 14.0. The van der Waals surface area contributed by atoms with E-state index < -0.39 is 12.0 Å². The summed E-state index contributed by atoms with van der Waals surface area (Å²) in [7, 11) is 1.77. The molecule has 2 N–H and O–H groups in total. The Morgan fingerprint density at radius 3 is 2.79 bits per heavy atom. The van der Waals surface area contributed by atoms with Crippen LogP contribution in [0.25, 0.3) is 0 Å². The molecule has 0 saturated carbocycles. The summed E-state index contributed by atoms with van der Waals surface area (Å²) in [4.78, 5) is 11.4. The van der Waals surface area contributed by atoms with Crippen molar-refractivity contribution in [3.05, 3.63) is 46.2 Å². The molecular formula is C13H14BrN3O2. The van der Waals surface area contributed by atoms with Crippen LogP contribution in [0.4, 0.5) is 5.69 Å². The second-order valence-corrected chi connectivity index (χ2v) is 5.19. The average Bonchev–Trinajstić information content (AvgIpc) is 2.65. The van der Waals surface area contributed by atoms with E-state index in [4.69, 9.17) is 0 Å². The third-order valence-corrected chi connectivity index (χ3v) is 3.24. The highest BCUT2D eigenvalue weighted by Crippen LogP contribution is 2.24. The van der Waals surface area contributed by atoms with Gasteiger partial charge in [0, 0.05) is 29.0 Å². The first-order valence-corrected chi connectivity index (χ1v) is 6.51. The van der Waals surface area contributed by atoms with E-state index in [9.17, 15) is 9.90 Å². The summed E-state index contributed by atoms with van der Waals surface area (Å²) >= 11 is 3.36. The Morgan fingerprint density at radius 2 is 2.26 bits per heavy atom. The van der Waals surface area contributed by atoms with Crippen molar-refractivity contribution in [1.29, 1.82) is 0 Å². The predicted octanol–water partition coefficient (Wildman–Crippen LogP) is 2.73. The lowest BCUT2D eigenvalue weighted by Crippen LogP contribution is -2.20. The highest BCUT2D eigenvalue weighted by molar-refractivity contribution is 9.10. The minimum atomic E-state index is -0.934. The molecule has 2 aromatic rings. The van der Waals surface area contributed by atoms with Crippen molar-refractivity contribution in [3.8, 4) is 0 Å². The summed E-state index contributed by atoms with van der Waals surface area (Å²) in [6.45, 7) is 1.80. The van der Waals surface area contributed by atoms with E-state index in [0.717, 1.165) is 10.2 Å². The maximum absolute atomic E-state index is 11.4. The van der Waals surface area contributed by atoms with E-state index in [0.29, 0.717) is 11.3 Å². The van der Waals surface area contributed by atoms with Gasteiger partial charge in [-0.3, -0.25) is 4.68 Å². The summed E-state index contributed by atoms with van der Waals surface area (Å²) in [5.41, 5.74) is 2.11. The standard InChI is InChI=1S/C13H14BrN3O2/c1-8-11(7-17(2)16-8)12(13(18)19)15-10-5-3-4-9(14)6-10/h3-7,12,15H,1-2H3,(H,18,19). The molecule has 0 spiro atoms. The Morgan fingerprint density at radius 1 is 1.53 bits per heavy atom. The van der Waals surface area contributed by atoms with E-state index in [1.54, 1.807) is 24.9 Å². The number of carboxylic acids is 1. The molecule has 0 amide bonds. The molecule has 1 unspecified atom stereocenters. The number of hydrogen-bond acceptors (Lipinski definition) is 3. The van der Waals surface area contributed by atoms with Gasteiger partial charge in [-0.25, -0.2) is 4.79 Å². The maximum atomic E-state index is 11.4. The van der Waals surface area contributed by atoms with Gasteiger partial charge in [0.25, 0.3) is 0 Å². The molecule has 0 saturated heterocycles. The maximum Gasteiger partial charge on any atom is 0.330 e. The minimum Gasteiger partial charge on any atom is -0.479 e. The molecule has 100 valence electrons. The van der Waals surface area contributed by atoms with E-state index in [1.807, 2.05) is 24.3 Å². The molecular weight excluding hydrogens is 310 g/mol. The van der Waals surface area contributed by atoms with Crippen molar-refractivity contribution in [2.75, 3.05) is 5.32 Å². The van der Waals surface area contributed by atoms with Crippen molar-refractivity contribution in [3.63, 3.8) is 0 Å². The van der Waals surface area contributed by atoms with Crippen LogP contribution < -0.4 is 5.32 Å². The molecule has 1 heterocycles. The highest BCUT2D eigenvalue weighted by atomic mass is 79.9. The Bertz CT molecular complexity index is 610. The van der Waals surface area contributed by atoms with Crippen LogP contribution in [0, 0.1) is 6.92 Å². The summed E-state index contributed by atoms with van der Waals surface area (Å²) in [6.07, 6.45) is 1.72. The number of nitrogens with zero attached hydrogens (tertiary/aromatic N) is 2. The van der Waals surface area contributed by atoms with Gasteiger partial charge in [-0.15, -0.1) is 0 Å². The second kappa shape index (κ2) is 5.44. The number of aliphatic carboxylic acids is 1. The van der Waals surface area contributed by atoms with E-state index >= 15 is 0 Å². The summed E-state index contributed by atoms with van der Waals surface area (Å²) in [6, 6.07) is 6.58. The predicted molar refractivity (Wildman–Crippen MR) is 76.1 cm³/mol. The van der Waals surface area contributed by atoms with E-state index in [2.05, 4.69) is 26.3 Å². The number of aromatic nitrogens is 2. The smallest absolute Gasteiger partial charge is 0.330 e. The molecule has 5 nitrogen and oxygen atoms in total. The van der Waals surface area contributed by atoms with Gasteiger partial charge in [-0.1, -0.05) is 22.0 Å². The number of carboxylic acid groups (broad SMARTS) is 1. The number of halogens is 1. The number of aryl methyl sites for hydroxylation is 2. The number of nitrogens with one attached hydrogen (secondary N) is 1. The monoisotopic (exact) mass is 323 g/mol. The summed E-state index contributed by atoms with van der Waals surface area (Å²) in [5.74, 6) is -0.934. The van der Waals surface area contributed by atoms with E-state index in [1.165, 1.54) is 0 Å². The van der Waals surface area contributed by atoms with Crippen LogP contribution >= 0.6 is 15.9 Å². The number of benzene rings is 1. The lowest BCUT2D eigenvalue weighted by molar-refractivity contribution is -0.138. The third-order valence-electron chi connectivity index (χ3n) is 2.75. The van der Waals surface area contributed by atoms with Crippen LogP contribution in [-0.4, -0.2) is 20.9 Å². The lowest BCUT2D eigenvalue weighted by Gasteiger charge is -2.15. The number of anilines is 1. The average molecular weight is 324 g/mol. The Kier molecular flexibility index (Phi) is 3.90.